The molecular formula is C10H9NO. The van der Waals surface area contributed by atoms with E-state index in [0.717, 1.165) is 5.69 Å². The fourth-order valence-corrected chi connectivity index (χ4v) is 0.828. The molecule has 0 unspecified atom stereocenters. The van der Waals surface area contributed by atoms with E-state index in [9.17, 15) is 4.79 Å². The molecule has 60 valence electrons. The molecule has 0 spiro atoms. The van der Waals surface area contributed by atoms with Crippen molar-refractivity contribution in [1.29, 1.82) is 0 Å². The zero-order chi connectivity index (χ0) is 8.97. The number of terminal acetylenes is 1. The van der Waals surface area contributed by atoms with Crippen molar-refractivity contribution in [3.8, 4) is 12.3 Å². The van der Waals surface area contributed by atoms with E-state index < -0.39 is 0 Å². The Bertz CT molecular complexity index is 319. The van der Waals surface area contributed by atoms with Crippen LogP contribution in [0.1, 0.15) is 22.5 Å². The zero-order valence-electron chi connectivity index (χ0n) is 6.87. The summed E-state index contributed by atoms with van der Waals surface area (Å²) < 4.78 is 0. The molecule has 0 saturated heterocycles. The number of Topliss-reactive ketones (excluding diaryl/α,β-unsaturated/α-hetero) is 1. The number of carbonyl (C=O) groups is 1. The summed E-state index contributed by atoms with van der Waals surface area (Å²) >= 11 is 0. The molecule has 0 radical (unpaired) electrons. The number of ketones is 1. The van der Waals surface area contributed by atoms with Crippen LogP contribution < -0.4 is 0 Å². The molecular weight excluding hydrogens is 150 g/mol. The van der Waals surface area contributed by atoms with Crippen molar-refractivity contribution in [3.63, 3.8) is 0 Å². The third-order valence-corrected chi connectivity index (χ3v) is 1.50. The Hall–Kier alpha value is -1.62. The first-order chi connectivity index (χ1) is 5.74. The van der Waals surface area contributed by atoms with Crippen molar-refractivity contribution in [2.24, 2.45) is 0 Å². The predicted octanol–water partition coefficient (Wildman–Crippen LogP) is 1.60. The van der Waals surface area contributed by atoms with Gasteiger partial charge in [-0.05, 0) is 19.1 Å². The Kier molecular flexibility index (Phi) is 2.60. The molecule has 0 fully saturated rings. The van der Waals surface area contributed by atoms with E-state index in [-0.39, 0.29) is 12.2 Å². The average molecular weight is 159 g/mol. The molecule has 0 aliphatic heterocycles. The van der Waals surface area contributed by atoms with Crippen LogP contribution in [-0.2, 0) is 0 Å². The first-order valence-corrected chi connectivity index (χ1v) is 3.63. The van der Waals surface area contributed by atoms with Crippen LogP contribution in [0.25, 0.3) is 0 Å². The first kappa shape index (κ1) is 8.48. The van der Waals surface area contributed by atoms with Gasteiger partial charge in [-0.3, -0.25) is 9.78 Å². The third-order valence-electron chi connectivity index (χ3n) is 1.50. The second kappa shape index (κ2) is 3.68. The van der Waals surface area contributed by atoms with Crippen molar-refractivity contribution >= 4 is 5.78 Å². The van der Waals surface area contributed by atoms with Gasteiger partial charge in [0.15, 0.2) is 5.78 Å². The fraction of sp³-hybridized carbons (Fsp3) is 0.200. The monoisotopic (exact) mass is 159 g/mol. The smallest absolute Gasteiger partial charge is 0.176 e. The summed E-state index contributed by atoms with van der Waals surface area (Å²) in [4.78, 5) is 15.2. The van der Waals surface area contributed by atoms with E-state index in [0.29, 0.717) is 5.56 Å². The van der Waals surface area contributed by atoms with Crippen molar-refractivity contribution < 1.29 is 4.79 Å². The highest BCUT2D eigenvalue weighted by molar-refractivity contribution is 5.97. The summed E-state index contributed by atoms with van der Waals surface area (Å²) in [5.74, 6) is 2.25. The lowest BCUT2D eigenvalue weighted by Gasteiger charge is -1.95. The minimum Gasteiger partial charge on any atom is -0.293 e. The molecule has 1 aromatic heterocycles. The minimum absolute atomic E-state index is 0.0509. The Morgan fingerprint density at radius 3 is 2.92 bits per heavy atom. The Balaban J connectivity index is 2.84. The van der Waals surface area contributed by atoms with Crippen LogP contribution in [-0.4, -0.2) is 10.8 Å². The second-order valence-corrected chi connectivity index (χ2v) is 2.49. The number of hydrogen-bond donors (Lipinski definition) is 0. The molecule has 2 nitrogen and oxygen atoms in total. The number of nitrogens with zero attached hydrogens (tertiary/aromatic N) is 1. The van der Waals surface area contributed by atoms with Gasteiger partial charge in [-0.15, -0.1) is 6.42 Å². The molecule has 2 heteroatoms. The zero-order valence-corrected chi connectivity index (χ0v) is 6.87. The maximum absolute atomic E-state index is 11.2. The molecule has 0 atom stereocenters. The van der Waals surface area contributed by atoms with Crippen molar-refractivity contribution in [2.45, 2.75) is 13.3 Å². The van der Waals surface area contributed by atoms with Gasteiger partial charge in [-0.2, -0.15) is 0 Å². The maximum Gasteiger partial charge on any atom is 0.176 e. The molecule has 0 saturated carbocycles. The van der Waals surface area contributed by atoms with Gasteiger partial charge in [0.2, 0.25) is 0 Å². The van der Waals surface area contributed by atoms with Crippen LogP contribution in [0.3, 0.4) is 0 Å². The van der Waals surface area contributed by atoms with Gasteiger partial charge in [0, 0.05) is 17.5 Å². The van der Waals surface area contributed by atoms with Gasteiger partial charge in [0.25, 0.3) is 0 Å². The van der Waals surface area contributed by atoms with E-state index in [1.165, 1.54) is 0 Å². The number of pyridine rings is 1. The molecule has 0 bridgehead atoms. The number of hydrogen-bond acceptors (Lipinski definition) is 2. The van der Waals surface area contributed by atoms with Gasteiger partial charge in [0.1, 0.15) is 0 Å². The van der Waals surface area contributed by atoms with Gasteiger partial charge < -0.3 is 0 Å². The van der Waals surface area contributed by atoms with Gasteiger partial charge in [0.05, 0.1) is 6.42 Å². The summed E-state index contributed by atoms with van der Waals surface area (Å²) in [5, 5.41) is 0. The molecule has 0 amide bonds. The Labute approximate surface area is 71.6 Å². The highest BCUT2D eigenvalue weighted by Crippen LogP contribution is 2.02. The largest absolute Gasteiger partial charge is 0.293 e. The number of aryl methyl sites for hydroxylation is 1. The van der Waals surface area contributed by atoms with Gasteiger partial charge in [-0.25, -0.2) is 0 Å². The van der Waals surface area contributed by atoms with Crippen LogP contribution >= 0.6 is 0 Å². The predicted molar refractivity (Wildman–Crippen MR) is 46.8 cm³/mol. The number of rotatable bonds is 2. The third kappa shape index (κ3) is 1.93. The SMILES string of the molecule is C#CCC(=O)c1ccc(C)nc1. The lowest BCUT2D eigenvalue weighted by molar-refractivity contribution is 0.0998. The molecule has 0 N–H and O–H groups in total. The Morgan fingerprint density at radius 1 is 1.67 bits per heavy atom. The molecule has 1 aromatic rings. The van der Waals surface area contributed by atoms with E-state index >= 15 is 0 Å². The standard InChI is InChI=1S/C10H9NO/c1-3-4-10(12)9-6-5-8(2)11-7-9/h1,5-7H,4H2,2H3. The summed E-state index contributed by atoms with van der Waals surface area (Å²) in [5.41, 5.74) is 1.48. The summed E-state index contributed by atoms with van der Waals surface area (Å²) in [7, 11) is 0. The number of carbonyl (C=O) groups excluding carboxylic acids is 1. The van der Waals surface area contributed by atoms with Crippen LogP contribution in [0.15, 0.2) is 18.3 Å². The van der Waals surface area contributed by atoms with Crippen molar-refractivity contribution in [1.82, 2.24) is 4.98 Å². The quantitative estimate of drug-likeness (QED) is 0.484. The molecule has 0 aromatic carbocycles. The molecule has 12 heavy (non-hydrogen) atoms. The van der Waals surface area contributed by atoms with Crippen molar-refractivity contribution in [3.05, 3.63) is 29.6 Å². The van der Waals surface area contributed by atoms with Crippen LogP contribution in [0.5, 0.6) is 0 Å². The van der Waals surface area contributed by atoms with Crippen molar-refractivity contribution in [2.75, 3.05) is 0 Å². The molecule has 0 aliphatic carbocycles. The first-order valence-electron chi connectivity index (χ1n) is 3.63. The fourth-order valence-electron chi connectivity index (χ4n) is 0.828. The molecule has 1 heterocycles. The number of aromatic nitrogens is 1. The van der Waals surface area contributed by atoms with E-state index in [1.54, 1.807) is 18.3 Å². The van der Waals surface area contributed by atoms with E-state index in [1.807, 2.05) is 6.92 Å². The topological polar surface area (TPSA) is 30.0 Å². The summed E-state index contributed by atoms with van der Waals surface area (Å²) in [6, 6.07) is 3.53. The summed E-state index contributed by atoms with van der Waals surface area (Å²) in [6.07, 6.45) is 6.70. The van der Waals surface area contributed by atoms with Crippen LogP contribution in [0.2, 0.25) is 0 Å². The maximum atomic E-state index is 11.2. The second-order valence-electron chi connectivity index (χ2n) is 2.49. The lowest BCUT2D eigenvalue weighted by atomic mass is 10.1. The van der Waals surface area contributed by atoms with E-state index in [2.05, 4.69) is 10.9 Å². The normalized spacial score (nSPS) is 9.00. The minimum atomic E-state index is -0.0509. The van der Waals surface area contributed by atoms with Crippen LogP contribution in [0, 0.1) is 19.3 Å². The van der Waals surface area contributed by atoms with Gasteiger partial charge in [-0.1, -0.05) is 5.92 Å². The van der Waals surface area contributed by atoms with Crippen LogP contribution in [0.4, 0.5) is 0 Å². The van der Waals surface area contributed by atoms with Gasteiger partial charge >= 0.3 is 0 Å². The molecule has 1 rings (SSSR count). The Morgan fingerprint density at radius 2 is 2.42 bits per heavy atom. The molecule has 0 aliphatic rings. The highest BCUT2D eigenvalue weighted by atomic mass is 16.1. The summed E-state index contributed by atoms with van der Waals surface area (Å²) in [6.45, 7) is 1.87. The lowest BCUT2D eigenvalue weighted by Crippen LogP contribution is -1.98. The van der Waals surface area contributed by atoms with E-state index in [4.69, 9.17) is 6.42 Å². The highest BCUT2D eigenvalue weighted by Gasteiger charge is 2.02. The average Bonchev–Trinajstić information content (AvgIpc) is 2.06.